The topological polar surface area (TPSA) is 138 Å². The van der Waals surface area contributed by atoms with Crippen molar-refractivity contribution in [2.75, 3.05) is 26.3 Å². The van der Waals surface area contributed by atoms with Crippen molar-refractivity contribution in [2.45, 2.75) is 0 Å². The van der Waals surface area contributed by atoms with E-state index in [1.807, 2.05) is 4.90 Å². The van der Waals surface area contributed by atoms with Crippen molar-refractivity contribution >= 4 is 45.8 Å². The maximum Gasteiger partial charge on any atom is 0.433 e. The summed E-state index contributed by atoms with van der Waals surface area (Å²) in [5.74, 6) is -1.13. The highest BCUT2D eigenvalue weighted by Gasteiger charge is 2.37. The van der Waals surface area contributed by atoms with Gasteiger partial charge in [0.15, 0.2) is 11.0 Å². The van der Waals surface area contributed by atoms with Crippen LogP contribution in [0, 0.1) is 15.5 Å². The van der Waals surface area contributed by atoms with E-state index >= 15 is 0 Å². The summed E-state index contributed by atoms with van der Waals surface area (Å²) in [4.78, 5) is 28.3. The second kappa shape index (κ2) is 6.38. The van der Waals surface area contributed by atoms with Gasteiger partial charge in [-0.3, -0.25) is 20.3 Å². The van der Waals surface area contributed by atoms with Gasteiger partial charge in [0, 0.05) is 13.1 Å². The first-order valence-corrected chi connectivity index (χ1v) is 8.42. The number of carbonyl (C=O) groups is 1. The van der Waals surface area contributed by atoms with E-state index in [0.29, 0.717) is 36.6 Å². The summed E-state index contributed by atoms with van der Waals surface area (Å²) < 4.78 is 10.3. The molecule has 1 aromatic rings. The Balaban J connectivity index is 1.61. The Morgan fingerprint density at radius 3 is 2.77 bits per heavy atom. The number of ether oxygens (including phenoxy) is 1. The number of aliphatic imine (C=N–C) groups is 1. The molecule has 0 bridgehead atoms. The van der Waals surface area contributed by atoms with Crippen molar-refractivity contribution in [3.63, 3.8) is 0 Å². The van der Waals surface area contributed by atoms with Gasteiger partial charge in [-0.25, -0.2) is 0 Å². The molecule has 12 heteroatoms. The van der Waals surface area contributed by atoms with Crippen LogP contribution in [0.25, 0.3) is 6.08 Å². The monoisotopic (exact) mass is 376 g/mol. The lowest BCUT2D eigenvalue weighted by Crippen LogP contribution is -2.39. The van der Waals surface area contributed by atoms with Gasteiger partial charge in [-0.2, -0.15) is 10.0 Å². The molecule has 0 radical (unpaired) electrons. The number of morpholine rings is 1. The van der Waals surface area contributed by atoms with Crippen molar-refractivity contribution in [2.24, 2.45) is 10.1 Å². The molecule has 3 aliphatic heterocycles. The van der Waals surface area contributed by atoms with Crippen LogP contribution in [0.4, 0.5) is 5.88 Å². The fourth-order valence-electron chi connectivity index (χ4n) is 2.52. The molecular weight excluding hydrogens is 364 g/mol. The summed E-state index contributed by atoms with van der Waals surface area (Å²) in [5.41, 5.74) is -0.0504. The number of nitro groups is 1. The number of furan rings is 1. The number of thioether (sulfide) groups is 1. The molecule has 4 rings (SSSR count). The Labute approximate surface area is 150 Å². The maximum atomic E-state index is 12.3. The predicted molar refractivity (Wildman–Crippen MR) is 92.8 cm³/mol. The third kappa shape index (κ3) is 2.88. The van der Waals surface area contributed by atoms with Crippen molar-refractivity contribution in [3.8, 4) is 0 Å². The summed E-state index contributed by atoms with van der Waals surface area (Å²) in [6.45, 7) is 2.52. The van der Waals surface area contributed by atoms with Crippen molar-refractivity contribution in [1.82, 2.24) is 9.91 Å². The van der Waals surface area contributed by atoms with Gasteiger partial charge in [-0.1, -0.05) is 0 Å². The Kier molecular flexibility index (Phi) is 4.05. The molecule has 0 spiro atoms. The van der Waals surface area contributed by atoms with Crippen LogP contribution in [0.1, 0.15) is 5.76 Å². The fraction of sp³-hybridized carbons (Fsp3) is 0.286. The van der Waals surface area contributed by atoms with E-state index in [-0.39, 0.29) is 17.2 Å². The van der Waals surface area contributed by atoms with E-state index in [1.165, 1.54) is 35.0 Å². The van der Waals surface area contributed by atoms with Gasteiger partial charge < -0.3 is 14.1 Å². The first-order valence-electron chi connectivity index (χ1n) is 7.60. The number of amidine groups is 3. The predicted octanol–water partition coefficient (Wildman–Crippen LogP) is 1.10. The molecule has 134 valence electrons. The van der Waals surface area contributed by atoms with Crippen molar-refractivity contribution in [3.05, 3.63) is 33.6 Å². The first-order chi connectivity index (χ1) is 12.5. The van der Waals surface area contributed by atoms with Gasteiger partial charge in [0.05, 0.1) is 24.9 Å². The second-order valence-corrected chi connectivity index (χ2v) is 6.37. The van der Waals surface area contributed by atoms with Gasteiger partial charge in [0.25, 0.3) is 5.91 Å². The Morgan fingerprint density at radius 2 is 2.08 bits per heavy atom. The summed E-state index contributed by atoms with van der Waals surface area (Å²) in [6.07, 6.45) is 1.25. The Hall–Kier alpha value is -2.99. The van der Waals surface area contributed by atoms with Crippen LogP contribution in [0.2, 0.25) is 0 Å². The third-order valence-corrected chi connectivity index (χ3v) is 4.77. The average molecular weight is 376 g/mol. The summed E-state index contributed by atoms with van der Waals surface area (Å²) in [5, 5.41) is 25.6. The lowest BCUT2D eigenvalue weighted by Gasteiger charge is -2.26. The zero-order chi connectivity index (χ0) is 18.3. The van der Waals surface area contributed by atoms with E-state index < -0.39 is 16.7 Å². The number of nitrogens with one attached hydrogen (secondary N) is 1. The number of nitrogens with zero attached hydrogens (tertiary/aromatic N) is 5. The number of amides is 1. The van der Waals surface area contributed by atoms with E-state index in [1.54, 1.807) is 0 Å². The smallest absolute Gasteiger partial charge is 0.401 e. The van der Waals surface area contributed by atoms with Crippen LogP contribution in [-0.4, -0.2) is 63.2 Å². The maximum absolute atomic E-state index is 12.3. The second-order valence-electron chi connectivity index (χ2n) is 5.44. The zero-order valence-electron chi connectivity index (χ0n) is 13.2. The molecule has 1 aromatic heterocycles. The molecule has 26 heavy (non-hydrogen) atoms. The van der Waals surface area contributed by atoms with Crippen LogP contribution in [-0.2, 0) is 9.53 Å². The minimum Gasteiger partial charge on any atom is -0.401 e. The molecule has 3 aliphatic rings. The molecule has 11 nitrogen and oxygen atoms in total. The molecule has 0 unspecified atom stereocenters. The molecule has 0 aromatic carbocycles. The van der Waals surface area contributed by atoms with Crippen molar-refractivity contribution in [1.29, 1.82) is 5.41 Å². The highest BCUT2D eigenvalue weighted by molar-refractivity contribution is 8.26. The van der Waals surface area contributed by atoms with Gasteiger partial charge >= 0.3 is 5.88 Å². The number of hydrogen-bond donors (Lipinski definition) is 1. The fourth-order valence-corrected chi connectivity index (χ4v) is 3.47. The summed E-state index contributed by atoms with van der Waals surface area (Å²) >= 11 is 1.22. The summed E-state index contributed by atoms with van der Waals surface area (Å²) in [6, 6.07) is 2.53. The standard InChI is InChI=1S/C14H12N6O5S/c15-11-9(7-8-1-2-10(25-8)20(22)23)12(21)16-13-19(11)17-14(26-13)18-3-5-24-6-4-18/h1-2,7,15H,3-6H2/b9-7+,15-11?. The van der Waals surface area contributed by atoms with Gasteiger partial charge in [-0.05, 0) is 23.9 Å². The van der Waals surface area contributed by atoms with Crippen LogP contribution >= 0.6 is 11.8 Å². The lowest BCUT2D eigenvalue weighted by molar-refractivity contribution is -0.402. The minimum atomic E-state index is -0.678. The van der Waals surface area contributed by atoms with Gasteiger partial charge in [0.2, 0.25) is 5.17 Å². The molecule has 1 saturated heterocycles. The Morgan fingerprint density at radius 1 is 1.31 bits per heavy atom. The quantitative estimate of drug-likeness (QED) is 0.460. The van der Waals surface area contributed by atoms with E-state index in [2.05, 4.69) is 10.1 Å². The SMILES string of the molecule is N=C1/C(=C\c2ccc([N+](=O)[O-])o2)C(=O)N=C2SC(N3CCOCC3)=NN12. The van der Waals surface area contributed by atoms with Gasteiger partial charge in [0.1, 0.15) is 10.7 Å². The van der Waals surface area contributed by atoms with Crippen LogP contribution < -0.4 is 0 Å². The lowest BCUT2D eigenvalue weighted by atomic mass is 10.1. The summed E-state index contributed by atoms with van der Waals surface area (Å²) in [7, 11) is 0. The molecule has 0 atom stereocenters. The zero-order valence-corrected chi connectivity index (χ0v) is 14.1. The molecule has 1 fully saturated rings. The van der Waals surface area contributed by atoms with E-state index in [4.69, 9.17) is 14.6 Å². The average Bonchev–Trinajstić information content (AvgIpc) is 3.26. The Bertz CT molecular complexity index is 897. The largest absolute Gasteiger partial charge is 0.433 e. The minimum absolute atomic E-state index is 0.0504. The van der Waals surface area contributed by atoms with Crippen LogP contribution in [0.15, 0.2) is 32.2 Å². The molecule has 1 amide bonds. The number of fused-ring (bicyclic) bond motifs is 1. The molecular formula is C14H12N6O5S. The molecule has 0 saturated carbocycles. The van der Waals surface area contributed by atoms with E-state index in [9.17, 15) is 14.9 Å². The highest BCUT2D eigenvalue weighted by atomic mass is 32.2. The normalized spacial score (nSPS) is 21.8. The molecule has 1 N–H and O–H groups in total. The highest BCUT2D eigenvalue weighted by Crippen LogP contribution is 2.30. The number of rotatable bonds is 2. The van der Waals surface area contributed by atoms with E-state index in [0.717, 1.165) is 0 Å². The molecule has 4 heterocycles. The third-order valence-electron chi connectivity index (χ3n) is 3.80. The number of hydrogen-bond acceptors (Lipinski definition) is 9. The number of carbonyl (C=O) groups excluding carboxylic acids is 1. The first kappa shape index (κ1) is 16.5. The van der Waals surface area contributed by atoms with Crippen LogP contribution in [0.3, 0.4) is 0 Å². The molecule has 0 aliphatic carbocycles. The van der Waals surface area contributed by atoms with Crippen LogP contribution in [0.5, 0.6) is 0 Å². The number of hydrazone groups is 1. The van der Waals surface area contributed by atoms with Crippen molar-refractivity contribution < 1.29 is 18.9 Å². The van der Waals surface area contributed by atoms with Gasteiger partial charge in [-0.15, -0.1) is 5.10 Å².